The Hall–Kier alpha value is -0.820. The molecule has 1 atom stereocenters. The molecule has 1 amide bonds. The van der Waals surface area contributed by atoms with Crippen LogP contribution in [0.3, 0.4) is 0 Å². The lowest BCUT2D eigenvalue weighted by Gasteiger charge is -2.11. The molecule has 0 unspecified atom stereocenters. The van der Waals surface area contributed by atoms with E-state index in [9.17, 15) is 13.2 Å². The van der Waals surface area contributed by atoms with Crippen LogP contribution in [0.15, 0.2) is 24.3 Å². The molecule has 1 rings (SSSR count). The topological polar surface area (TPSA) is 89.3 Å². The molecule has 1 aromatic rings. The fourth-order valence-corrected chi connectivity index (χ4v) is 1.87. The monoisotopic (exact) mass is 312 g/mol. The number of rotatable bonds is 4. The van der Waals surface area contributed by atoms with Crippen LogP contribution in [0.25, 0.3) is 0 Å². The second-order valence-electron chi connectivity index (χ2n) is 3.68. The Kier molecular flexibility index (Phi) is 6.62. The first kappa shape index (κ1) is 17.2. The Morgan fingerprint density at radius 3 is 2.33 bits per heavy atom. The van der Waals surface area contributed by atoms with E-state index in [-0.39, 0.29) is 18.8 Å². The highest BCUT2D eigenvalue weighted by atomic mass is 35.5. The molecule has 0 aliphatic carbocycles. The summed E-state index contributed by atoms with van der Waals surface area (Å²) in [6.07, 6.45) is 1.15. The molecule has 102 valence electrons. The summed E-state index contributed by atoms with van der Waals surface area (Å²) in [5.41, 5.74) is 6.40. The number of hydrogen-bond acceptors (Lipinski definition) is 4. The predicted octanol–water partition coefficient (Wildman–Crippen LogP) is 0.707. The van der Waals surface area contributed by atoms with Gasteiger partial charge in [0.1, 0.15) is 0 Å². The average Bonchev–Trinajstić information content (AvgIpc) is 2.19. The van der Waals surface area contributed by atoms with E-state index in [1.165, 1.54) is 0 Å². The van der Waals surface area contributed by atoms with Crippen LogP contribution in [0.5, 0.6) is 0 Å². The van der Waals surface area contributed by atoms with E-state index in [2.05, 4.69) is 0 Å². The van der Waals surface area contributed by atoms with Gasteiger partial charge in [-0.15, -0.1) is 12.4 Å². The molecule has 0 spiro atoms. The molecule has 0 saturated carbocycles. The van der Waals surface area contributed by atoms with Gasteiger partial charge in [0, 0.05) is 5.02 Å². The van der Waals surface area contributed by atoms with E-state index < -0.39 is 22.0 Å². The Morgan fingerprint density at radius 1 is 1.39 bits per heavy atom. The summed E-state index contributed by atoms with van der Waals surface area (Å²) in [7, 11) is -3.57. The predicted molar refractivity (Wildman–Crippen MR) is 73.4 cm³/mol. The molecule has 0 aliphatic heterocycles. The maximum Gasteiger partial charge on any atom is 0.250 e. The van der Waals surface area contributed by atoms with Gasteiger partial charge in [-0.25, -0.2) is 8.42 Å². The van der Waals surface area contributed by atoms with Gasteiger partial charge in [0.2, 0.25) is 10.0 Å². The van der Waals surface area contributed by atoms with E-state index in [0.29, 0.717) is 5.02 Å². The van der Waals surface area contributed by atoms with Crippen molar-refractivity contribution in [3.63, 3.8) is 0 Å². The lowest BCUT2D eigenvalue weighted by molar-refractivity contribution is -0.120. The van der Waals surface area contributed by atoms with E-state index in [1.807, 2.05) is 4.72 Å². The van der Waals surface area contributed by atoms with Gasteiger partial charge < -0.3 is 5.73 Å². The Morgan fingerprint density at radius 2 is 1.89 bits per heavy atom. The summed E-state index contributed by atoms with van der Waals surface area (Å²) in [6, 6.07) is 5.91. The highest BCUT2D eigenvalue weighted by Crippen LogP contribution is 2.10. The van der Waals surface area contributed by atoms with Crippen LogP contribution in [-0.4, -0.2) is 26.6 Å². The van der Waals surface area contributed by atoms with E-state index in [0.717, 1.165) is 11.8 Å². The highest BCUT2D eigenvalue weighted by Gasteiger charge is 2.17. The molecule has 0 aliphatic rings. The van der Waals surface area contributed by atoms with Crippen LogP contribution in [0.1, 0.15) is 5.56 Å². The third-order valence-electron chi connectivity index (χ3n) is 1.99. The number of sulfonamides is 1. The minimum absolute atomic E-state index is 0. The lowest BCUT2D eigenvalue weighted by Crippen LogP contribution is -2.44. The molecule has 3 N–H and O–H groups in total. The summed E-state index contributed by atoms with van der Waals surface area (Å²) in [4.78, 5) is 11.4. The first-order valence-electron chi connectivity index (χ1n) is 4.79. The maximum atomic E-state index is 11.4. The van der Waals surface area contributed by atoms with Gasteiger partial charge in [-0.1, -0.05) is 23.7 Å². The number of benzene rings is 1. The number of hydrogen-bond donors (Lipinski definition) is 2. The van der Waals surface area contributed by atoms with Gasteiger partial charge in [0.15, 0.2) is 0 Å². The summed E-state index contributed by atoms with van der Waals surface area (Å²) in [5, 5.41) is 0.586. The van der Waals surface area contributed by atoms with Crippen LogP contribution in [0.2, 0.25) is 5.02 Å². The van der Waals surface area contributed by atoms with Gasteiger partial charge in [-0.05, 0) is 24.1 Å². The molecular weight excluding hydrogens is 299 g/mol. The van der Waals surface area contributed by atoms with Crippen LogP contribution >= 0.6 is 24.0 Å². The van der Waals surface area contributed by atoms with E-state index in [1.54, 1.807) is 24.3 Å². The molecule has 0 saturated heterocycles. The zero-order valence-corrected chi connectivity index (χ0v) is 12.0. The third-order valence-corrected chi connectivity index (χ3v) is 2.82. The number of amides is 1. The van der Waals surface area contributed by atoms with Crippen molar-refractivity contribution in [3.05, 3.63) is 34.9 Å². The number of carbonyl (C=O) groups is 1. The molecular formula is C10H14Cl2N2O3S. The first-order valence-corrected chi connectivity index (χ1v) is 7.06. The zero-order valence-electron chi connectivity index (χ0n) is 9.59. The molecule has 8 heteroatoms. The summed E-state index contributed by atoms with van der Waals surface area (Å²) in [5.74, 6) is -0.720. The van der Waals surface area contributed by atoms with E-state index >= 15 is 0 Å². The van der Waals surface area contributed by atoms with Gasteiger partial charge in [-0.3, -0.25) is 9.52 Å². The number of nitrogens with one attached hydrogen (secondary N) is 1. The summed E-state index contributed by atoms with van der Waals surface area (Å²) < 4.78 is 23.5. The summed E-state index contributed by atoms with van der Waals surface area (Å²) in [6.45, 7) is 0. The van der Waals surface area contributed by atoms with Gasteiger partial charge >= 0.3 is 0 Å². The van der Waals surface area contributed by atoms with Gasteiger partial charge in [0.05, 0.1) is 12.3 Å². The van der Waals surface area contributed by atoms with Crippen molar-refractivity contribution < 1.29 is 13.2 Å². The second kappa shape index (κ2) is 6.94. The fourth-order valence-electron chi connectivity index (χ4n) is 1.23. The molecule has 5 nitrogen and oxygen atoms in total. The second-order valence-corrected chi connectivity index (χ2v) is 5.86. The largest absolute Gasteiger partial charge is 0.320 e. The van der Waals surface area contributed by atoms with Gasteiger partial charge in [0.25, 0.3) is 5.91 Å². The Bertz CT molecular complexity index is 502. The van der Waals surface area contributed by atoms with Crippen molar-refractivity contribution in [2.24, 2.45) is 5.73 Å². The van der Waals surface area contributed by atoms with Crippen molar-refractivity contribution in [1.82, 2.24) is 4.72 Å². The van der Waals surface area contributed by atoms with Crippen molar-refractivity contribution in [2.45, 2.75) is 12.5 Å². The zero-order chi connectivity index (χ0) is 13.1. The lowest BCUT2D eigenvalue weighted by atomic mass is 10.1. The number of halogens is 2. The molecule has 0 fully saturated rings. The van der Waals surface area contributed by atoms with Crippen molar-refractivity contribution >= 4 is 39.9 Å². The Balaban J connectivity index is 0.00000289. The van der Waals surface area contributed by atoms with Gasteiger partial charge in [-0.2, -0.15) is 0 Å². The normalized spacial score (nSPS) is 12.4. The average molecular weight is 313 g/mol. The van der Waals surface area contributed by atoms with Crippen molar-refractivity contribution in [1.29, 1.82) is 0 Å². The molecule has 1 aromatic carbocycles. The van der Waals surface area contributed by atoms with Crippen LogP contribution < -0.4 is 10.5 Å². The molecule has 18 heavy (non-hydrogen) atoms. The Labute approximate surface area is 117 Å². The van der Waals surface area contributed by atoms with E-state index in [4.69, 9.17) is 17.3 Å². The summed E-state index contributed by atoms with van der Waals surface area (Å²) >= 11 is 5.71. The minimum Gasteiger partial charge on any atom is -0.320 e. The van der Waals surface area contributed by atoms with Crippen molar-refractivity contribution in [3.8, 4) is 0 Å². The van der Waals surface area contributed by atoms with Crippen LogP contribution in [0, 0.1) is 0 Å². The van der Waals surface area contributed by atoms with Crippen LogP contribution in [0.4, 0.5) is 0 Å². The number of nitrogens with two attached hydrogens (primary N) is 1. The molecule has 0 bridgehead atoms. The number of carbonyl (C=O) groups excluding carboxylic acids is 1. The molecule has 0 aromatic heterocycles. The quantitative estimate of drug-likeness (QED) is 0.856. The standard InChI is InChI=1S/C10H13ClN2O3S.ClH/c1-17(15,16)13-10(14)9(12)6-7-2-4-8(11)5-3-7;/h2-5,9H,6,12H2,1H3,(H,13,14);1H/t9-;/m1./s1. The van der Waals surface area contributed by atoms with Crippen LogP contribution in [-0.2, 0) is 21.2 Å². The minimum atomic E-state index is -3.57. The third kappa shape index (κ3) is 6.20. The fraction of sp³-hybridized carbons (Fsp3) is 0.300. The molecule has 0 radical (unpaired) electrons. The smallest absolute Gasteiger partial charge is 0.250 e. The SMILES string of the molecule is CS(=O)(=O)NC(=O)[C@H](N)Cc1ccc(Cl)cc1.Cl. The molecule has 0 heterocycles. The first-order chi connectivity index (χ1) is 7.78. The van der Waals surface area contributed by atoms with Crippen molar-refractivity contribution in [2.75, 3.05) is 6.26 Å². The maximum absolute atomic E-state index is 11.4. The highest BCUT2D eigenvalue weighted by molar-refractivity contribution is 7.89.